The van der Waals surface area contributed by atoms with Crippen molar-refractivity contribution in [3.8, 4) is 5.75 Å². The van der Waals surface area contributed by atoms with E-state index in [0.29, 0.717) is 13.1 Å². The maximum atomic E-state index is 12.8. The topological polar surface area (TPSA) is 81.4 Å². The zero-order chi connectivity index (χ0) is 20.4. The van der Waals surface area contributed by atoms with E-state index >= 15 is 0 Å². The van der Waals surface area contributed by atoms with Crippen LogP contribution < -0.4 is 15.7 Å². The Hall–Kier alpha value is -2.77. The Balaban J connectivity index is 1.49. The van der Waals surface area contributed by atoms with Crippen molar-refractivity contribution in [2.24, 2.45) is 7.05 Å². The van der Waals surface area contributed by atoms with Crippen LogP contribution in [0.25, 0.3) is 0 Å². The number of nitrogens with one attached hydrogen (secondary N) is 1. The Bertz CT molecular complexity index is 911. The lowest BCUT2D eigenvalue weighted by molar-refractivity contribution is 0.190. The first-order valence-electron chi connectivity index (χ1n) is 10.4. The third kappa shape index (κ3) is 4.02. The highest BCUT2D eigenvalue weighted by molar-refractivity contribution is 5.89. The van der Waals surface area contributed by atoms with E-state index in [1.807, 2.05) is 33.7 Å². The molecule has 1 unspecified atom stereocenters. The van der Waals surface area contributed by atoms with Crippen LogP contribution in [-0.2, 0) is 7.05 Å². The number of rotatable bonds is 4. The molecule has 1 aromatic carbocycles. The van der Waals surface area contributed by atoms with Crippen molar-refractivity contribution >= 4 is 11.7 Å². The van der Waals surface area contributed by atoms with E-state index < -0.39 is 0 Å². The average Bonchev–Trinajstić information content (AvgIpc) is 3.37. The maximum absolute atomic E-state index is 12.8. The predicted molar refractivity (Wildman–Crippen MR) is 111 cm³/mol. The number of piperidine rings is 1. The fraction of sp³-hybridized carbons (Fsp3) is 0.571. The van der Waals surface area contributed by atoms with Gasteiger partial charge in [-0.2, -0.15) is 5.10 Å². The second-order valence-electron chi connectivity index (χ2n) is 8.02. The second-order valence-corrected chi connectivity index (χ2v) is 8.02. The summed E-state index contributed by atoms with van der Waals surface area (Å²) in [6.45, 7) is 1.28. The molecule has 8 heteroatoms. The molecule has 4 rings (SSSR count). The summed E-state index contributed by atoms with van der Waals surface area (Å²) >= 11 is 0. The van der Waals surface area contributed by atoms with Crippen LogP contribution in [0.1, 0.15) is 56.3 Å². The van der Waals surface area contributed by atoms with Crippen molar-refractivity contribution in [1.82, 2.24) is 19.2 Å². The van der Waals surface area contributed by atoms with Crippen LogP contribution in [0.4, 0.5) is 10.5 Å². The predicted octanol–water partition coefficient (Wildman–Crippen LogP) is 3.12. The van der Waals surface area contributed by atoms with Gasteiger partial charge in [0.2, 0.25) is 0 Å². The monoisotopic (exact) mass is 399 g/mol. The van der Waals surface area contributed by atoms with Gasteiger partial charge in [0, 0.05) is 37.8 Å². The molecule has 156 valence electrons. The lowest BCUT2D eigenvalue weighted by Crippen LogP contribution is -2.42. The molecule has 2 aromatic rings. The summed E-state index contributed by atoms with van der Waals surface area (Å²) in [6, 6.07) is 7.43. The minimum atomic E-state index is -0.120. The standard InChI is InChI=1S/C21H29N5O3/c1-24-21(28)26(17-7-3-4-8-17)19(23-24)15-6-5-13-25(14-15)20(27)22-16-9-11-18(29-2)12-10-16/h9-12,15,17H,3-8,13-14H2,1-2H3,(H,22,27). The van der Waals surface area contributed by atoms with Crippen LogP contribution in [0.5, 0.6) is 5.75 Å². The first-order chi connectivity index (χ1) is 14.1. The average molecular weight is 399 g/mol. The van der Waals surface area contributed by atoms with Crippen molar-refractivity contribution in [2.75, 3.05) is 25.5 Å². The van der Waals surface area contributed by atoms with Gasteiger partial charge in [0.15, 0.2) is 0 Å². The molecule has 1 atom stereocenters. The van der Waals surface area contributed by atoms with E-state index in [1.54, 1.807) is 14.2 Å². The van der Waals surface area contributed by atoms with Gasteiger partial charge in [-0.15, -0.1) is 0 Å². The molecule has 1 aromatic heterocycles. The first kappa shape index (κ1) is 19.5. The van der Waals surface area contributed by atoms with Gasteiger partial charge in [0.05, 0.1) is 7.11 Å². The number of ether oxygens (including phenoxy) is 1. The zero-order valence-electron chi connectivity index (χ0n) is 17.1. The number of carbonyl (C=O) groups is 1. The molecule has 1 aliphatic carbocycles. The number of amides is 2. The molecule has 2 heterocycles. The summed E-state index contributed by atoms with van der Waals surface area (Å²) in [5.41, 5.74) is 0.699. The molecule has 1 aliphatic heterocycles. The van der Waals surface area contributed by atoms with Crippen LogP contribution in [0.3, 0.4) is 0 Å². The lowest BCUT2D eigenvalue weighted by Gasteiger charge is -2.32. The van der Waals surface area contributed by atoms with Crippen molar-refractivity contribution in [3.05, 3.63) is 40.6 Å². The van der Waals surface area contributed by atoms with Gasteiger partial charge in [-0.1, -0.05) is 12.8 Å². The van der Waals surface area contributed by atoms with E-state index in [1.165, 1.54) is 4.68 Å². The number of methoxy groups -OCH3 is 1. The highest BCUT2D eigenvalue weighted by Crippen LogP contribution is 2.33. The Morgan fingerprint density at radius 3 is 2.55 bits per heavy atom. The summed E-state index contributed by atoms with van der Waals surface area (Å²) < 4.78 is 8.51. The van der Waals surface area contributed by atoms with Crippen LogP contribution in [-0.4, -0.2) is 45.5 Å². The fourth-order valence-electron chi connectivity index (χ4n) is 4.53. The fourth-order valence-corrected chi connectivity index (χ4v) is 4.53. The number of benzene rings is 1. The number of nitrogens with zero attached hydrogens (tertiary/aromatic N) is 4. The van der Waals surface area contributed by atoms with E-state index in [-0.39, 0.29) is 23.7 Å². The second kappa shape index (κ2) is 8.31. The molecular weight excluding hydrogens is 370 g/mol. The Morgan fingerprint density at radius 2 is 1.86 bits per heavy atom. The number of hydrogen-bond donors (Lipinski definition) is 1. The molecule has 8 nitrogen and oxygen atoms in total. The number of urea groups is 1. The largest absolute Gasteiger partial charge is 0.497 e. The van der Waals surface area contributed by atoms with Gasteiger partial charge in [0.25, 0.3) is 0 Å². The third-order valence-electron chi connectivity index (χ3n) is 6.09. The smallest absolute Gasteiger partial charge is 0.345 e. The summed E-state index contributed by atoms with van der Waals surface area (Å²) in [5.74, 6) is 1.67. The van der Waals surface area contributed by atoms with Crippen LogP contribution in [0, 0.1) is 0 Å². The molecule has 1 N–H and O–H groups in total. The quantitative estimate of drug-likeness (QED) is 0.856. The molecule has 29 heavy (non-hydrogen) atoms. The Kier molecular flexibility index (Phi) is 5.60. The van der Waals surface area contributed by atoms with Gasteiger partial charge in [-0.3, -0.25) is 4.57 Å². The Labute approximate surface area is 170 Å². The molecule has 0 bridgehead atoms. The molecule has 0 radical (unpaired) electrons. The highest BCUT2D eigenvalue weighted by atomic mass is 16.5. The van der Waals surface area contributed by atoms with Gasteiger partial charge in [-0.05, 0) is 49.9 Å². The molecule has 2 amide bonds. The summed E-state index contributed by atoms with van der Waals surface area (Å²) in [5, 5.41) is 7.53. The molecule has 0 spiro atoms. The molecular formula is C21H29N5O3. The van der Waals surface area contributed by atoms with Gasteiger partial charge >= 0.3 is 11.7 Å². The third-order valence-corrected chi connectivity index (χ3v) is 6.09. The summed E-state index contributed by atoms with van der Waals surface area (Å²) in [6.07, 6.45) is 6.23. The summed E-state index contributed by atoms with van der Waals surface area (Å²) in [4.78, 5) is 27.3. The molecule has 2 aliphatic rings. The van der Waals surface area contributed by atoms with E-state index in [9.17, 15) is 9.59 Å². The van der Waals surface area contributed by atoms with Crippen LogP contribution in [0.15, 0.2) is 29.1 Å². The van der Waals surface area contributed by atoms with Crippen molar-refractivity contribution in [3.63, 3.8) is 0 Å². The molecule has 1 saturated heterocycles. The van der Waals surface area contributed by atoms with Crippen LogP contribution >= 0.6 is 0 Å². The summed E-state index contributed by atoms with van der Waals surface area (Å²) in [7, 11) is 3.33. The maximum Gasteiger partial charge on any atom is 0.345 e. The van der Waals surface area contributed by atoms with E-state index in [2.05, 4.69) is 10.4 Å². The number of aryl methyl sites for hydroxylation is 1. The minimum absolute atomic E-state index is 0.0355. The van der Waals surface area contributed by atoms with Crippen molar-refractivity contribution in [2.45, 2.75) is 50.5 Å². The number of anilines is 1. The highest BCUT2D eigenvalue weighted by Gasteiger charge is 2.32. The van der Waals surface area contributed by atoms with Gasteiger partial charge < -0.3 is 15.0 Å². The SMILES string of the molecule is COc1ccc(NC(=O)N2CCCC(c3nn(C)c(=O)n3C3CCCC3)C2)cc1. The Morgan fingerprint density at radius 1 is 1.14 bits per heavy atom. The van der Waals surface area contributed by atoms with Crippen LogP contribution in [0.2, 0.25) is 0 Å². The molecule has 1 saturated carbocycles. The number of aromatic nitrogens is 3. The van der Waals surface area contributed by atoms with Gasteiger partial charge in [0.1, 0.15) is 11.6 Å². The molecule has 2 fully saturated rings. The van der Waals surface area contributed by atoms with E-state index in [0.717, 1.165) is 55.8 Å². The number of likely N-dealkylation sites (tertiary alicyclic amines) is 1. The number of hydrogen-bond acceptors (Lipinski definition) is 4. The normalized spacial score (nSPS) is 20.1. The van der Waals surface area contributed by atoms with Gasteiger partial charge in [-0.25, -0.2) is 14.3 Å². The van der Waals surface area contributed by atoms with E-state index in [4.69, 9.17) is 4.74 Å². The number of carbonyl (C=O) groups excluding carboxylic acids is 1. The minimum Gasteiger partial charge on any atom is -0.497 e. The lowest BCUT2D eigenvalue weighted by atomic mass is 9.97. The zero-order valence-corrected chi connectivity index (χ0v) is 17.1. The van der Waals surface area contributed by atoms with Crippen molar-refractivity contribution < 1.29 is 9.53 Å². The van der Waals surface area contributed by atoms with Crippen molar-refractivity contribution in [1.29, 1.82) is 0 Å². The first-order valence-corrected chi connectivity index (χ1v) is 10.4.